The molecule has 0 saturated carbocycles. The number of thioether (sulfide) groups is 1. The van der Waals surface area contributed by atoms with Crippen molar-refractivity contribution in [2.24, 2.45) is 0 Å². The molecule has 0 saturated heterocycles. The SMILES string of the molecule is O=C1/C(=C\c2cccnc2)CSc2ccc(F)cc21. The Morgan fingerprint density at radius 3 is 3.00 bits per heavy atom. The summed E-state index contributed by atoms with van der Waals surface area (Å²) >= 11 is 1.55. The molecule has 2 nitrogen and oxygen atoms in total. The van der Waals surface area contributed by atoms with Crippen LogP contribution in [0.3, 0.4) is 0 Å². The highest BCUT2D eigenvalue weighted by atomic mass is 32.2. The van der Waals surface area contributed by atoms with Crippen molar-refractivity contribution in [3.8, 4) is 0 Å². The molecule has 0 fully saturated rings. The number of pyridine rings is 1. The summed E-state index contributed by atoms with van der Waals surface area (Å²) in [6, 6.07) is 8.06. The number of nitrogens with zero attached hydrogens (tertiary/aromatic N) is 1. The maximum atomic E-state index is 13.2. The number of carbonyl (C=O) groups is 1. The number of fused-ring (bicyclic) bond motifs is 1. The van der Waals surface area contributed by atoms with Crippen LogP contribution < -0.4 is 0 Å². The van der Waals surface area contributed by atoms with E-state index >= 15 is 0 Å². The number of carbonyl (C=O) groups excluding carboxylic acids is 1. The highest BCUT2D eigenvalue weighted by Crippen LogP contribution is 2.33. The fraction of sp³-hybridized carbons (Fsp3) is 0.0667. The first-order chi connectivity index (χ1) is 9.24. The standard InChI is InChI=1S/C15H10FNOS/c16-12-3-4-14-13(7-12)15(18)11(9-19-14)6-10-2-1-5-17-8-10/h1-8H,9H2/b11-6-. The third-order valence-corrected chi connectivity index (χ3v) is 4.01. The molecule has 1 aromatic heterocycles. The number of benzene rings is 1. The molecule has 1 aliphatic heterocycles. The lowest BCUT2D eigenvalue weighted by molar-refractivity contribution is 0.103. The van der Waals surface area contributed by atoms with Crippen LogP contribution in [-0.4, -0.2) is 16.5 Å². The Kier molecular flexibility index (Phi) is 3.17. The number of hydrogen-bond acceptors (Lipinski definition) is 3. The van der Waals surface area contributed by atoms with Crippen LogP contribution in [0.4, 0.5) is 4.39 Å². The zero-order valence-electron chi connectivity index (χ0n) is 9.97. The summed E-state index contributed by atoms with van der Waals surface area (Å²) < 4.78 is 13.2. The van der Waals surface area contributed by atoms with Gasteiger partial charge >= 0.3 is 0 Å². The van der Waals surface area contributed by atoms with E-state index in [1.165, 1.54) is 12.1 Å². The predicted octanol–water partition coefficient (Wildman–Crippen LogP) is 3.59. The average molecular weight is 271 g/mol. The second kappa shape index (κ2) is 4.97. The van der Waals surface area contributed by atoms with E-state index in [2.05, 4.69) is 4.98 Å². The molecule has 2 heterocycles. The van der Waals surface area contributed by atoms with Gasteiger partial charge in [-0.25, -0.2) is 4.39 Å². The zero-order chi connectivity index (χ0) is 13.2. The molecular weight excluding hydrogens is 261 g/mol. The molecule has 19 heavy (non-hydrogen) atoms. The van der Waals surface area contributed by atoms with Crippen molar-refractivity contribution in [1.29, 1.82) is 0 Å². The number of ketones is 1. The molecule has 0 aliphatic carbocycles. The van der Waals surface area contributed by atoms with Crippen molar-refractivity contribution in [2.75, 3.05) is 5.75 Å². The van der Waals surface area contributed by atoms with E-state index in [-0.39, 0.29) is 11.6 Å². The van der Waals surface area contributed by atoms with Crippen molar-refractivity contribution < 1.29 is 9.18 Å². The van der Waals surface area contributed by atoms with Gasteiger partial charge in [0.1, 0.15) is 5.82 Å². The summed E-state index contributed by atoms with van der Waals surface area (Å²) in [5.74, 6) is 0.124. The molecule has 0 unspecified atom stereocenters. The molecule has 4 heteroatoms. The van der Waals surface area contributed by atoms with Crippen molar-refractivity contribution in [2.45, 2.75) is 4.90 Å². The molecule has 1 aromatic carbocycles. The normalized spacial score (nSPS) is 16.5. The summed E-state index contributed by atoms with van der Waals surface area (Å²) in [7, 11) is 0. The molecule has 3 rings (SSSR count). The van der Waals surface area contributed by atoms with Gasteiger partial charge in [-0.1, -0.05) is 6.07 Å². The van der Waals surface area contributed by atoms with E-state index in [4.69, 9.17) is 0 Å². The lowest BCUT2D eigenvalue weighted by Gasteiger charge is -2.16. The minimum Gasteiger partial charge on any atom is -0.289 e. The van der Waals surface area contributed by atoms with Crippen LogP contribution in [0.1, 0.15) is 15.9 Å². The molecule has 0 N–H and O–H groups in total. The summed E-state index contributed by atoms with van der Waals surface area (Å²) in [5, 5.41) is 0. The van der Waals surface area contributed by atoms with Gasteiger partial charge in [0.05, 0.1) is 0 Å². The van der Waals surface area contributed by atoms with Gasteiger partial charge in [0, 0.05) is 34.2 Å². The van der Waals surface area contributed by atoms with E-state index in [1.54, 1.807) is 30.2 Å². The Balaban J connectivity index is 2.00. The fourth-order valence-corrected chi connectivity index (χ4v) is 2.97. The number of Topliss-reactive ketones (excluding diaryl/α,β-unsaturated/α-hetero) is 1. The lowest BCUT2D eigenvalue weighted by atomic mass is 10.0. The third kappa shape index (κ3) is 2.44. The van der Waals surface area contributed by atoms with Gasteiger partial charge in [-0.15, -0.1) is 11.8 Å². The van der Waals surface area contributed by atoms with Gasteiger partial charge in [-0.05, 0) is 35.9 Å². The predicted molar refractivity (Wildman–Crippen MR) is 73.7 cm³/mol. The summed E-state index contributed by atoms with van der Waals surface area (Å²) in [4.78, 5) is 17.2. The van der Waals surface area contributed by atoms with E-state index in [9.17, 15) is 9.18 Å². The van der Waals surface area contributed by atoms with Crippen molar-refractivity contribution in [1.82, 2.24) is 4.98 Å². The Labute approximate surface area is 114 Å². The number of halogens is 1. The van der Waals surface area contributed by atoms with Gasteiger partial charge in [0.15, 0.2) is 5.78 Å². The van der Waals surface area contributed by atoms with Crippen LogP contribution in [0.2, 0.25) is 0 Å². The van der Waals surface area contributed by atoms with Gasteiger partial charge in [0.25, 0.3) is 0 Å². The highest BCUT2D eigenvalue weighted by molar-refractivity contribution is 7.99. The highest BCUT2D eigenvalue weighted by Gasteiger charge is 2.22. The minimum absolute atomic E-state index is 0.0999. The molecule has 1 aliphatic rings. The Morgan fingerprint density at radius 2 is 2.21 bits per heavy atom. The maximum absolute atomic E-state index is 13.2. The van der Waals surface area contributed by atoms with E-state index in [0.29, 0.717) is 16.9 Å². The molecule has 0 spiro atoms. The number of rotatable bonds is 1. The molecule has 94 valence electrons. The Morgan fingerprint density at radius 1 is 1.32 bits per heavy atom. The second-order valence-electron chi connectivity index (χ2n) is 4.21. The van der Waals surface area contributed by atoms with Crippen LogP contribution in [0, 0.1) is 5.82 Å². The monoisotopic (exact) mass is 271 g/mol. The van der Waals surface area contributed by atoms with E-state index in [1.807, 2.05) is 18.2 Å². The van der Waals surface area contributed by atoms with Gasteiger partial charge in [-0.3, -0.25) is 9.78 Å². The first kappa shape index (κ1) is 12.1. The van der Waals surface area contributed by atoms with Crippen molar-refractivity contribution >= 4 is 23.6 Å². The molecule has 2 aromatic rings. The fourth-order valence-electron chi connectivity index (χ4n) is 1.97. The molecule has 0 radical (unpaired) electrons. The third-order valence-electron chi connectivity index (χ3n) is 2.89. The van der Waals surface area contributed by atoms with Crippen LogP contribution in [0.5, 0.6) is 0 Å². The summed E-state index contributed by atoms with van der Waals surface area (Å²) in [6.45, 7) is 0. The second-order valence-corrected chi connectivity index (χ2v) is 5.23. The maximum Gasteiger partial charge on any atom is 0.191 e. The first-order valence-corrected chi connectivity index (χ1v) is 6.80. The van der Waals surface area contributed by atoms with Crippen molar-refractivity contribution in [3.63, 3.8) is 0 Å². The van der Waals surface area contributed by atoms with Gasteiger partial charge in [0.2, 0.25) is 0 Å². The van der Waals surface area contributed by atoms with E-state index in [0.717, 1.165) is 10.5 Å². The Bertz CT molecular complexity index is 667. The largest absolute Gasteiger partial charge is 0.289 e. The summed E-state index contributed by atoms with van der Waals surface area (Å²) in [6.07, 6.45) is 5.20. The smallest absolute Gasteiger partial charge is 0.191 e. The number of hydrogen-bond donors (Lipinski definition) is 0. The van der Waals surface area contributed by atoms with Gasteiger partial charge < -0.3 is 0 Å². The zero-order valence-corrected chi connectivity index (χ0v) is 10.8. The van der Waals surface area contributed by atoms with Crippen LogP contribution in [0.15, 0.2) is 53.2 Å². The molecule has 0 atom stereocenters. The molecule has 0 bridgehead atoms. The Hall–Kier alpha value is -1.94. The van der Waals surface area contributed by atoms with Crippen LogP contribution in [0.25, 0.3) is 6.08 Å². The molecular formula is C15H10FNOS. The summed E-state index contributed by atoms with van der Waals surface area (Å²) in [5.41, 5.74) is 2.01. The topological polar surface area (TPSA) is 30.0 Å². The first-order valence-electron chi connectivity index (χ1n) is 5.82. The molecule has 0 amide bonds. The quantitative estimate of drug-likeness (QED) is 0.742. The van der Waals surface area contributed by atoms with Crippen LogP contribution in [-0.2, 0) is 0 Å². The average Bonchev–Trinajstić information content (AvgIpc) is 2.44. The minimum atomic E-state index is -0.379. The van der Waals surface area contributed by atoms with Crippen molar-refractivity contribution in [3.05, 3.63) is 65.2 Å². The number of aromatic nitrogens is 1. The van der Waals surface area contributed by atoms with Crippen LogP contribution >= 0.6 is 11.8 Å². The van der Waals surface area contributed by atoms with Gasteiger partial charge in [-0.2, -0.15) is 0 Å². The lowest BCUT2D eigenvalue weighted by Crippen LogP contribution is -2.12. The van der Waals surface area contributed by atoms with E-state index < -0.39 is 0 Å².